The predicted molar refractivity (Wildman–Crippen MR) is 76.9 cm³/mol. The summed E-state index contributed by atoms with van der Waals surface area (Å²) in [7, 11) is 0. The van der Waals surface area contributed by atoms with E-state index in [1.54, 1.807) is 11.8 Å². The van der Waals surface area contributed by atoms with Crippen molar-refractivity contribution in [1.82, 2.24) is 0 Å². The highest BCUT2D eigenvalue weighted by Gasteiger charge is 2.20. The second-order valence-electron chi connectivity index (χ2n) is 4.25. The molecule has 0 aromatic heterocycles. The van der Waals surface area contributed by atoms with Crippen molar-refractivity contribution in [3.63, 3.8) is 0 Å². The van der Waals surface area contributed by atoms with E-state index in [4.69, 9.17) is 0 Å². The molecule has 0 radical (unpaired) electrons. The molecule has 0 bridgehead atoms. The Hall–Kier alpha value is -0.960. The lowest BCUT2D eigenvalue weighted by Gasteiger charge is -2.25. The van der Waals surface area contributed by atoms with Gasteiger partial charge in [0, 0.05) is 12.2 Å². The van der Waals surface area contributed by atoms with E-state index in [9.17, 15) is 4.79 Å². The average molecular weight is 251 g/mol. The first-order valence-electron chi connectivity index (χ1n) is 5.92. The monoisotopic (exact) mass is 251 g/mol. The second-order valence-corrected chi connectivity index (χ2v) is 5.43. The topological polar surface area (TPSA) is 20.3 Å². The zero-order chi connectivity index (χ0) is 13.0. The molecule has 0 saturated carbocycles. The van der Waals surface area contributed by atoms with E-state index in [1.165, 1.54) is 5.56 Å². The average Bonchev–Trinajstić information content (AvgIpc) is 2.33. The minimum atomic E-state index is 0.00913. The Bertz CT molecular complexity index is 403. The van der Waals surface area contributed by atoms with Crippen LogP contribution in [0.3, 0.4) is 0 Å². The maximum Gasteiger partial charge on any atom is 0.239 e. The minimum absolute atomic E-state index is 0.00913. The Labute approximate surface area is 108 Å². The van der Waals surface area contributed by atoms with Crippen molar-refractivity contribution in [2.45, 2.75) is 32.9 Å². The van der Waals surface area contributed by atoms with Crippen molar-refractivity contribution >= 4 is 23.4 Å². The van der Waals surface area contributed by atoms with Gasteiger partial charge in [0.2, 0.25) is 5.91 Å². The number of anilines is 1. The molecule has 2 nitrogen and oxygen atoms in total. The van der Waals surface area contributed by atoms with Crippen molar-refractivity contribution in [2.75, 3.05) is 17.7 Å². The molecule has 3 heteroatoms. The van der Waals surface area contributed by atoms with Gasteiger partial charge in [0.1, 0.15) is 0 Å². The Kier molecular flexibility index (Phi) is 5.06. The molecule has 0 spiro atoms. The lowest BCUT2D eigenvalue weighted by atomic mass is 10.1. The van der Waals surface area contributed by atoms with Gasteiger partial charge in [-0.3, -0.25) is 4.79 Å². The van der Waals surface area contributed by atoms with Gasteiger partial charge in [-0.25, -0.2) is 0 Å². The highest BCUT2D eigenvalue weighted by molar-refractivity contribution is 7.99. The molecule has 1 amide bonds. The molecule has 1 aromatic rings. The minimum Gasteiger partial charge on any atom is -0.311 e. The maximum atomic E-state index is 12.3. The molecule has 1 aromatic carbocycles. The third kappa shape index (κ3) is 3.25. The van der Waals surface area contributed by atoms with Gasteiger partial charge >= 0.3 is 0 Å². The van der Waals surface area contributed by atoms with Gasteiger partial charge in [0.25, 0.3) is 0 Å². The fourth-order valence-electron chi connectivity index (χ4n) is 1.78. The van der Waals surface area contributed by atoms with Crippen LogP contribution in [0.2, 0.25) is 0 Å². The second kappa shape index (κ2) is 6.10. The summed E-state index contributed by atoms with van der Waals surface area (Å²) in [5, 5.41) is 0.00913. The maximum absolute atomic E-state index is 12.3. The van der Waals surface area contributed by atoms with Crippen LogP contribution in [0, 0.1) is 13.8 Å². The molecule has 0 heterocycles. The van der Waals surface area contributed by atoms with Gasteiger partial charge in [-0.05, 0) is 51.1 Å². The van der Waals surface area contributed by atoms with E-state index >= 15 is 0 Å². The molecule has 0 saturated heterocycles. The van der Waals surface area contributed by atoms with Gasteiger partial charge in [-0.2, -0.15) is 11.8 Å². The summed E-state index contributed by atoms with van der Waals surface area (Å²) in [4.78, 5) is 14.2. The normalized spacial score (nSPS) is 12.3. The van der Waals surface area contributed by atoms with Crippen LogP contribution >= 0.6 is 11.8 Å². The molecular formula is C14H21NOS. The molecular weight excluding hydrogens is 230 g/mol. The molecule has 0 fully saturated rings. The summed E-state index contributed by atoms with van der Waals surface area (Å²) >= 11 is 1.59. The molecule has 94 valence electrons. The summed E-state index contributed by atoms with van der Waals surface area (Å²) in [6.45, 7) is 8.80. The summed E-state index contributed by atoms with van der Waals surface area (Å²) in [6, 6.07) is 6.24. The van der Waals surface area contributed by atoms with Gasteiger partial charge < -0.3 is 4.90 Å². The number of hydrogen-bond donors (Lipinski definition) is 0. The Morgan fingerprint density at radius 1 is 1.41 bits per heavy atom. The van der Waals surface area contributed by atoms with Crippen molar-refractivity contribution in [1.29, 1.82) is 0 Å². The quantitative estimate of drug-likeness (QED) is 0.817. The van der Waals surface area contributed by atoms with Crippen molar-refractivity contribution < 1.29 is 4.79 Å². The van der Waals surface area contributed by atoms with E-state index in [-0.39, 0.29) is 11.2 Å². The molecule has 0 aliphatic heterocycles. The smallest absolute Gasteiger partial charge is 0.239 e. The highest BCUT2D eigenvalue weighted by atomic mass is 32.2. The summed E-state index contributed by atoms with van der Waals surface area (Å²) < 4.78 is 0. The summed E-state index contributed by atoms with van der Waals surface area (Å²) in [5.41, 5.74) is 3.38. The number of carbonyl (C=O) groups is 1. The fraction of sp³-hybridized carbons (Fsp3) is 0.500. The van der Waals surface area contributed by atoms with Gasteiger partial charge in [-0.1, -0.05) is 12.1 Å². The Balaban J connectivity index is 3.09. The Morgan fingerprint density at radius 3 is 2.59 bits per heavy atom. The van der Waals surface area contributed by atoms with Crippen LogP contribution in [0.25, 0.3) is 0 Å². The SMILES string of the molecule is CCN(C(=O)C(C)SC)c1cc(C)ccc1C. The highest BCUT2D eigenvalue weighted by Crippen LogP contribution is 2.23. The first kappa shape index (κ1) is 14.1. The largest absolute Gasteiger partial charge is 0.311 e. The van der Waals surface area contributed by atoms with Crippen LogP contribution in [-0.4, -0.2) is 24.0 Å². The Morgan fingerprint density at radius 2 is 2.06 bits per heavy atom. The molecule has 1 unspecified atom stereocenters. The first-order chi connectivity index (χ1) is 8.01. The number of amides is 1. The van der Waals surface area contributed by atoms with Crippen LogP contribution in [0.1, 0.15) is 25.0 Å². The number of carbonyl (C=O) groups excluding carboxylic acids is 1. The van der Waals surface area contributed by atoms with Crippen molar-refractivity contribution in [3.05, 3.63) is 29.3 Å². The van der Waals surface area contributed by atoms with Crippen LogP contribution in [-0.2, 0) is 4.79 Å². The zero-order valence-electron chi connectivity index (χ0n) is 11.3. The lowest BCUT2D eigenvalue weighted by Crippen LogP contribution is -2.36. The molecule has 17 heavy (non-hydrogen) atoms. The number of thioether (sulfide) groups is 1. The fourth-order valence-corrected chi connectivity index (χ4v) is 2.10. The van der Waals surface area contributed by atoms with Gasteiger partial charge in [0.15, 0.2) is 0 Å². The molecule has 1 rings (SSSR count). The van der Waals surface area contributed by atoms with Crippen LogP contribution in [0.4, 0.5) is 5.69 Å². The summed E-state index contributed by atoms with van der Waals surface area (Å²) in [5.74, 6) is 0.189. The lowest BCUT2D eigenvalue weighted by molar-refractivity contribution is -0.117. The van der Waals surface area contributed by atoms with E-state index < -0.39 is 0 Å². The van der Waals surface area contributed by atoms with Crippen molar-refractivity contribution in [2.24, 2.45) is 0 Å². The van der Waals surface area contributed by atoms with E-state index in [0.29, 0.717) is 6.54 Å². The van der Waals surface area contributed by atoms with Crippen LogP contribution in [0.15, 0.2) is 18.2 Å². The number of rotatable bonds is 4. The van der Waals surface area contributed by atoms with Gasteiger partial charge in [0.05, 0.1) is 5.25 Å². The van der Waals surface area contributed by atoms with E-state index in [0.717, 1.165) is 11.3 Å². The van der Waals surface area contributed by atoms with Crippen LogP contribution < -0.4 is 4.90 Å². The predicted octanol–water partition coefficient (Wildman–Crippen LogP) is 3.41. The van der Waals surface area contributed by atoms with Crippen molar-refractivity contribution in [3.8, 4) is 0 Å². The summed E-state index contributed by atoms with van der Waals surface area (Å²) in [6.07, 6.45) is 1.97. The first-order valence-corrected chi connectivity index (χ1v) is 7.21. The van der Waals surface area contributed by atoms with E-state index in [2.05, 4.69) is 32.0 Å². The number of benzene rings is 1. The number of hydrogen-bond acceptors (Lipinski definition) is 2. The van der Waals surface area contributed by atoms with E-state index in [1.807, 2.05) is 25.0 Å². The number of nitrogens with zero attached hydrogens (tertiary/aromatic N) is 1. The van der Waals surface area contributed by atoms with Crippen LogP contribution in [0.5, 0.6) is 0 Å². The zero-order valence-corrected chi connectivity index (χ0v) is 12.1. The molecule has 0 aliphatic rings. The molecule has 1 atom stereocenters. The number of aryl methyl sites for hydroxylation is 2. The van der Waals surface area contributed by atoms with Gasteiger partial charge in [-0.15, -0.1) is 0 Å². The molecule has 0 aliphatic carbocycles. The standard InChI is InChI=1S/C14H21NOS/c1-6-15(14(16)12(4)17-5)13-9-10(2)7-8-11(13)3/h7-9,12H,6H2,1-5H3. The third-order valence-corrected chi connectivity index (χ3v) is 3.85. The third-order valence-electron chi connectivity index (χ3n) is 2.94. The molecule has 0 N–H and O–H groups in total.